The minimum atomic E-state index is -0.223. The standard InChI is InChI=1S/C39H26BFN2S/c1-39(2)26-9-3-4-13-30(26)42-32-21-24(23-17-19-25(41)20-18-23)22-33-36(32)40(28-11-7-10-27(39)37(28)42)29-12-8-16-35-38(29)43(33)31-14-5-6-15-34(31)44-35/h3-22H,1-2H3. The Bertz CT molecular complexity index is 2220. The van der Waals surface area contributed by atoms with Gasteiger partial charge in [0.15, 0.2) is 0 Å². The van der Waals surface area contributed by atoms with E-state index in [-0.39, 0.29) is 17.9 Å². The highest BCUT2D eigenvalue weighted by molar-refractivity contribution is 7.99. The van der Waals surface area contributed by atoms with Crippen LogP contribution in [0.3, 0.4) is 0 Å². The molecule has 0 amide bonds. The van der Waals surface area contributed by atoms with Crippen LogP contribution in [0, 0.1) is 5.82 Å². The third kappa shape index (κ3) is 3.03. The molecular formula is C39H26BFN2S. The van der Waals surface area contributed by atoms with Crippen LogP contribution in [-0.2, 0) is 5.41 Å². The Morgan fingerprint density at radius 2 is 1.18 bits per heavy atom. The van der Waals surface area contributed by atoms with E-state index in [1.54, 1.807) is 12.1 Å². The molecule has 0 saturated heterocycles. The number of nitrogens with zero attached hydrogens (tertiary/aromatic N) is 2. The summed E-state index contributed by atoms with van der Waals surface area (Å²) in [4.78, 5) is 7.54. The molecule has 4 aliphatic rings. The lowest BCUT2D eigenvalue weighted by atomic mass is 9.33. The first-order chi connectivity index (χ1) is 21.5. The number of halogens is 1. The predicted molar refractivity (Wildman–Crippen MR) is 182 cm³/mol. The molecule has 0 atom stereocenters. The molecule has 0 aromatic heterocycles. The van der Waals surface area contributed by atoms with Crippen molar-refractivity contribution in [2.45, 2.75) is 29.1 Å². The van der Waals surface area contributed by atoms with Crippen LogP contribution in [0.1, 0.15) is 25.0 Å². The first-order valence-electron chi connectivity index (χ1n) is 15.2. The zero-order valence-electron chi connectivity index (χ0n) is 24.3. The van der Waals surface area contributed by atoms with Gasteiger partial charge in [0.1, 0.15) is 5.82 Å². The average molecular weight is 585 g/mol. The summed E-state index contributed by atoms with van der Waals surface area (Å²) in [5.74, 6) is -0.223. The van der Waals surface area contributed by atoms with Gasteiger partial charge in [0.25, 0.3) is 6.71 Å². The lowest BCUT2D eigenvalue weighted by Crippen LogP contribution is -2.62. The highest BCUT2D eigenvalue weighted by Gasteiger charge is 2.49. The van der Waals surface area contributed by atoms with E-state index in [1.165, 1.54) is 71.4 Å². The molecule has 0 bridgehead atoms. The molecule has 0 radical (unpaired) electrons. The maximum atomic E-state index is 14.1. The second-order valence-electron chi connectivity index (χ2n) is 12.7. The molecule has 6 aromatic rings. The molecule has 0 spiro atoms. The van der Waals surface area contributed by atoms with E-state index >= 15 is 0 Å². The minimum absolute atomic E-state index is 0.0894. The zero-order chi connectivity index (χ0) is 29.3. The summed E-state index contributed by atoms with van der Waals surface area (Å²) < 4.78 is 14.1. The summed E-state index contributed by atoms with van der Waals surface area (Å²) in [6, 6.07) is 43.0. The van der Waals surface area contributed by atoms with Gasteiger partial charge < -0.3 is 9.80 Å². The number of hydrogen-bond donors (Lipinski definition) is 0. The Morgan fingerprint density at radius 1 is 0.568 bits per heavy atom. The molecule has 10 rings (SSSR count). The maximum absolute atomic E-state index is 14.1. The molecule has 5 heteroatoms. The van der Waals surface area contributed by atoms with Crippen LogP contribution in [0.15, 0.2) is 131 Å². The van der Waals surface area contributed by atoms with E-state index in [0.717, 1.165) is 11.1 Å². The van der Waals surface area contributed by atoms with Crippen molar-refractivity contribution in [3.05, 3.63) is 138 Å². The summed E-state index contributed by atoms with van der Waals surface area (Å²) in [6.45, 7) is 4.80. The molecule has 44 heavy (non-hydrogen) atoms. The van der Waals surface area contributed by atoms with E-state index in [0.29, 0.717) is 0 Å². The van der Waals surface area contributed by atoms with E-state index in [4.69, 9.17) is 0 Å². The topological polar surface area (TPSA) is 6.48 Å². The largest absolute Gasteiger partial charge is 0.311 e. The number of hydrogen-bond acceptors (Lipinski definition) is 3. The first kappa shape index (κ1) is 24.7. The van der Waals surface area contributed by atoms with Gasteiger partial charge in [-0.2, -0.15) is 0 Å². The molecule has 6 aromatic carbocycles. The normalized spacial score (nSPS) is 15.6. The Hall–Kier alpha value is -4.74. The summed E-state index contributed by atoms with van der Waals surface area (Å²) in [5, 5.41) is 0. The van der Waals surface area contributed by atoms with Crippen LogP contribution in [0.25, 0.3) is 11.1 Å². The van der Waals surface area contributed by atoms with E-state index in [2.05, 4.69) is 121 Å². The minimum Gasteiger partial charge on any atom is -0.311 e. The van der Waals surface area contributed by atoms with Crippen LogP contribution in [0.5, 0.6) is 0 Å². The number of rotatable bonds is 1. The van der Waals surface area contributed by atoms with Crippen molar-refractivity contribution >= 4 is 69.0 Å². The van der Waals surface area contributed by atoms with Gasteiger partial charge in [-0.3, -0.25) is 0 Å². The van der Waals surface area contributed by atoms with Crippen molar-refractivity contribution < 1.29 is 4.39 Å². The number of fused-ring (bicyclic) bond motifs is 8. The van der Waals surface area contributed by atoms with Gasteiger partial charge in [-0.1, -0.05) is 98.4 Å². The second kappa shape index (κ2) is 8.46. The summed E-state index contributed by atoms with van der Waals surface area (Å²) in [5.41, 5.74) is 16.0. The van der Waals surface area contributed by atoms with E-state index in [1.807, 2.05) is 23.9 Å². The highest BCUT2D eigenvalue weighted by Crippen LogP contribution is 2.57. The van der Waals surface area contributed by atoms with Crippen LogP contribution >= 0.6 is 11.8 Å². The second-order valence-corrected chi connectivity index (χ2v) is 13.8. The van der Waals surface area contributed by atoms with Gasteiger partial charge in [-0.05, 0) is 87.2 Å². The molecule has 0 aliphatic carbocycles. The number of anilines is 6. The molecule has 4 heterocycles. The smallest absolute Gasteiger partial charge is 0.252 e. The zero-order valence-corrected chi connectivity index (χ0v) is 25.1. The fourth-order valence-electron chi connectivity index (χ4n) is 8.15. The van der Waals surface area contributed by atoms with Crippen LogP contribution in [0.2, 0.25) is 0 Å². The molecule has 4 aliphatic heterocycles. The third-order valence-corrected chi connectivity index (χ3v) is 11.2. The fraction of sp³-hybridized carbons (Fsp3) is 0.0769. The average Bonchev–Trinajstić information content (AvgIpc) is 3.05. The molecule has 2 nitrogen and oxygen atoms in total. The Kier molecular flexibility index (Phi) is 4.74. The van der Waals surface area contributed by atoms with Crippen molar-refractivity contribution in [3.8, 4) is 11.1 Å². The lowest BCUT2D eigenvalue weighted by Gasteiger charge is -2.50. The molecular weight excluding hydrogens is 558 g/mol. The molecule has 208 valence electrons. The van der Waals surface area contributed by atoms with Gasteiger partial charge in [0.2, 0.25) is 0 Å². The van der Waals surface area contributed by atoms with Crippen molar-refractivity contribution in [2.75, 3.05) is 9.80 Å². The predicted octanol–water partition coefficient (Wildman–Crippen LogP) is 8.68. The quantitative estimate of drug-likeness (QED) is 0.178. The molecule has 0 unspecified atom stereocenters. The molecule has 0 fully saturated rings. The van der Waals surface area contributed by atoms with Crippen LogP contribution in [0.4, 0.5) is 38.5 Å². The highest BCUT2D eigenvalue weighted by atomic mass is 32.2. The van der Waals surface area contributed by atoms with Gasteiger partial charge >= 0.3 is 0 Å². The lowest BCUT2D eigenvalue weighted by molar-refractivity contribution is 0.628. The van der Waals surface area contributed by atoms with Gasteiger partial charge in [0.05, 0.1) is 17.1 Å². The monoisotopic (exact) mass is 584 g/mol. The first-order valence-corrected chi connectivity index (χ1v) is 16.0. The SMILES string of the molecule is CC1(C)c2ccccc2N2c3cc(-c4ccc(F)cc4)cc4c3B(c3cccc5c3N4c3ccccc3S5)c3cccc1c32. The third-order valence-electron chi connectivity index (χ3n) is 10.1. The number of benzene rings is 6. The summed E-state index contributed by atoms with van der Waals surface area (Å²) in [6.07, 6.45) is 0. The van der Waals surface area contributed by atoms with Crippen LogP contribution in [-0.4, -0.2) is 6.71 Å². The fourth-order valence-corrected chi connectivity index (χ4v) is 9.25. The summed E-state index contributed by atoms with van der Waals surface area (Å²) >= 11 is 1.86. The Labute approximate surface area is 260 Å². The van der Waals surface area contributed by atoms with E-state index < -0.39 is 0 Å². The van der Waals surface area contributed by atoms with Crippen molar-refractivity contribution in [1.29, 1.82) is 0 Å². The molecule has 0 saturated carbocycles. The van der Waals surface area contributed by atoms with Crippen molar-refractivity contribution in [3.63, 3.8) is 0 Å². The molecule has 0 N–H and O–H groups in total. The number of para-hydroxylation sites is 4. The van der Waals surface area contributed by atoms with Gasteiger partial charge in [0, 0.05) is 32.3 Å². The Morgan fingerprint density at radius 3 is 1.98 bits per heavy atom. The van der Waals surface area contributed by atoms with Crippen molar-refractivity contribution in [2.24, 2.45) is 0 Å². The van der Waals surface area contributed by atoms with Crippen molar-refractivity contribution in [1.82, 2.24) is 0 Å². The maximum Gasteiger partial charge on any atom is 0.252 e. The van der Waals surface area contributed by atoms with Gasteiger partial charge in [-0.25, -0.2) is 4.39 Å². The van der Waals surface area contributed by atoms with Gasteiger partial charge in [-0.15, -0.1) is 0 Å². The Balaban J connectivity index is 1.38. The van der Waals surface area contributed by atoms with E-state index in [9.17, 15) is 4.39 Å². The summed E-state index contributed by atoms with van der Waals surface area (Å²) in [7, 11) is 0. The van der Waals surface area contributed by atoms with Crippen LogP contribution < -0.4 is 26.2 Å².